The summed E-state index contributed by atoms with van der Waals surface area (Å²) in [4.78, 5) is 19.2. The fraction of sp³-hybridized carbons (Fsp3) is 0.455. The number of anilines is 1. The molecule has 4 rings (SSSR count). The molecule has 166 valence electrons. The largest absolute Gasteiger partial charge is 0.369 e. The van der Waals surface area contributed by atoms with E-state index in [0.717, 1.165) is 39.1 Å². The molecule has 0 aromatic heterocycles. The van der Waals surface area contributed by atoms with Crippen molar-refractivity contribution in [3.05, 3.63) is 53.8 Å². The highest BCUT2D eigenvalue weighted by Crippen LogP contribution is 2.19. The van der Waals surface area contributed by atoms with Crippen molar-refractivity contribution in [3.63, 3.8) is 0 Å². The van der Waals surface area contributed by atoms with Crippen LogP contribution in [0, 0.1) is 6.92 Å². The van der Waals surface area contributed by atoms with E-state index in [4.69, 9.17) is 0 Å². The number of carbonyl (C=O) groups excluding carboxylic acids is 1. The van der Waals surface area contributed by atoms with Crippen molar-refractivity contribution in [2.45, 2.75) is 13.3 Å². The second-order valence-corrected chi connectivity index (χ2v) is 9.85. The number of fused-ring (bicyclic) bond motifs is 1. The van der Waals surface area contributed by atoms with Gasteiger partial charge in [-0.3, -0.25) is 9.69 Å². The number of benzene rings is 1. The zero-order valence-corrected chi connectivity index (χ0v) is 18.6. The molecule has 0 atom stereocenters. The van der Waals surface area contributed by atoms with E-state index >= 15 is 0 Å². The van der Waals surface area contributed by atoms with Crippen LogP contribution in [0.4, 0.5) is 5.69 Å². The molecule has 1 aromatic carbocycles. The molecule has 1 fully saturated rings. The Hall–Kier alpha value is -2.65. The van der Waals surface area contributed by atoms with E-state index < -0.39 is 10.0 Å². The third-order valence-corrected chi connectivity index (χ3v) is 6.93. The first kappa shape index (κ1) is 21.6. The van der Waals surface area contributed by atoms with Gasteiger partial charge in [-0.2, -0.15) is 0 Å². The topological polar surface area (TPSA) is 85.3 Å². The zero-order valence-electron chi connectivity index (χ0n) is 17.8. The average Bonchev–Trinajstić information content (AvgIpc) is 2.76. The predicted octanol–water partition coefficient (Wildman–Crippen LogP) is 1.12. The van der Waals surface area contributed by atoms with Crippen molar-refractivity contribution >= 4 is 27.5 Å². The molecule has 1 N–H and O–H groups in total. The molecule has 1 saturated heterocycles. The summed E-state index contributed by atoms with van der Waals surface area (Å²) >= 11 is 0. The Balaban J connectivity index is 1.22. The molecule has 3 heterocycles. The third-order valence-electron chi connectivity index (χ3n) is 5.78. The lowest BCUT2D eigenvalue weighted by Gasteiger charge is -2.36. The van der Waals surface area contributed by atoms with Crippen LogP contribution in [0.25, 0.3) is 0 Å². The second-order valence-electron chi connectivity index (χ2n) is 8.09. The van der Waals surface area contributed by atoms with E-state index in [1.807, 2.05) is 0 Å². The highest BCUT2D eigenvalue weighted by molar-refractivity contribution is 7.90. The highest BCUT2D eigenvalue weighted by Gasteiger charge is 2.29. The first-order valence-electron chi connectivity index (χ1n) is 10.7. The minimum atomic E-state index is -3.51. The number of carbonyl (C=O) groups is 1. The van der Waals surface area contributed by atoms with Gasteiger partial charge in [0.2, 0.25) is 0 Å². The maximum Gasteiger partial charge on any atom is 0.256 e. The van der Waals surface area contributed by atoms with Crippen LogP contribution in [0.5, 0.6) is 0 Å². The van der Waals surface area contributed by atoms with Gasteiger partial charge in [0.15, 0.2) is 5.84 Å². The number of nitrogens with one attached hydrogen (secondary N) is 1. The average molecular weight is 444 g/mol. The molecule has 1 amide bonds. The third kappa shape index (κ3) is 5.34. The molecule has 9 heteroatoms. The summed E-state index contributed by atoms with van der Waals surface area (Å²) in [6, 6.07) is 8.61. The normalized spacial score (nSPS) is 20.7. The Bertz CT molecular complexity index is 1020. The van der Waals surface area contributed by atoms with E-state index in [0.29, 0.717) is 18.7 Å². The number of aryl methyl sites for hydroxylation is 1. The Morgan fingerprint density at radius 3 is 2.74 bits per heavy atom. The number of piperazine rings is 1. The van der Waals surface area contributed by atoms with Gasteiger partial charge in [-0.25, -0.2) is 8.42 Å². The van der Waals surface area contributed by atoms with Crippen LogP contribution in [0.1, 0.15) is 12.0 Å². The van der Waals surface area contributed by atoms with E-state index in [9.17, 15) is 13.2 Å². The molecular formula is C22H29N5O3S. The molecule has 0 radical (unpaired) electrons. The van der Waals surface area contributed by atoms with Crippen LogP contribution in [-0.4, -0.2) is 81.5 Å². The monoisotopic (exact) mass is 443 g/mol. The van der Waals surface area contributed by atoms with Crippen LogP contribution in [0.15, 0.2) is 52.6 Å². The van der Waals surface area contributed by atoms with Gasteiger partial charge in [-0.15, -0.1) is 4.40 Å². The Morgan fingerprint density at radius 1 is 1.16 bits per heavy atom. The first-order valence-corrected chi connectivity index (χ1v) is 12.3. The molecular weight excluding hydrogens is 414 g/mol. The SMILES string of the molecule is Cc1cccc(N2CCN(CCCNC(=O)C3=CC=CN4CCS(=O)(=O)N=C34)CC2)c1. The highest BCUT2D eigenvalue weighted by atomic mass is 32.2. The van der Waals surface area contributed by atoms with Gasteiger partial charge in [0.25, 0.3) is 15.9 Å². The van der Waals surface area contributed by atoms with Crippen molar-refractivity contribution in [3.8, 4) is 0 Å². The van der Waals surface area contributed by atoms with Crippen molar-refractivity contribution in [2.24, 2.45) is 4.40 Å². The molecule has 3 aliphatic heterocycles. The first-order chi connectivity index (χ1) is 14.9. The fourth-order valence-electron chi connectivity index (χ4n) is 4.05. The standard InChI is InChI=1S/C22H29N5O3S/c1-18-5-2-6-19(17-18)26-13-11-25(12-14-26)9-4-8-23-22(28)20-7-3-10-27-15-16-31(29,30)24-21(20)27/h2-3,5-7,10,17H,4,8-9,11-16H2,1H3,(H,23,28). The van der Waals surface area contributed by atoms with Crippen LogP contribution in [0.2, 0.25) is 0 Å². The number of nitrogens with zero attached hydrogens (tertiary/aromatic N) is 4. The Morgan fingerprint density at radius 2 is 1.97 bits per heavy atom. The van der Waals surface area contributed by atoms with Crippen LogP contribution >= 0.6 is 0 Å². The molecule has 0 bridgehead atoms. The molecule has 0 spiro atoms. The van der Waals surface area contributed by atoms with Crippen molar-refractivity contribution in [1.29, 1.82) is 0 Å². The molecule has 3 aliphatic rings. The summed E-state index contributed by atoms with van der Waals surface area (Å²) in [5.41, 5.74) is 2.86. The van der Waals surface area contributed by atoms with E-state index in [1.54, 1.807) is 23.3 Å². The fourth-order valence-corrected chi connectivity index (χ4v) is 5.03. The van der Waals surface area contributed by atoms with Gasteiger partial charge < -0.3 is 15.1 Å². The van der Waals surface area contributed by atoms with Crippen LogP contribution in [-0.2, 0) is 14.8 Å². The summed E-state index contributed by atoms with van der Waals surface area (Å²) in [7, 11) is -3.51. The predicted molar refractivity (Wildman–Crippen MR) is 123 cm³/mol. The number of allylic oxidation sites excluding steroid dienone is 2. The van der Waals surface area contributed by atoms with Crippen LogP contribution < -0.4 is 10.2 Å². The van der Waals surface area contributed by atoms with E-state index in [2.05, 4.69) is 50.7 Å². The lowest BCUT2D eigenvalue weighted by Crippen LogP contribution is -2.47. The summed E-state index contributed by atoms with van der Waals surface area (Å²) in [6.45, 7) is 7.89. The van der Waals surface area contributed by atoms with Crippen molar-refractivity contribution in [2.75, 3.05) is 56.5 Å². The van der Waals surface area contributed by atoms with Gasteiger partial charge in [0, 0.05) is 51.2 Å². The van der Waals surface area contributed by atoms with Gasteiger partial charge >= 0.3 is 0 Å². The lowest BCUT2D eigenvalue weighted by molar-refractivity contribution is -0.117. The molecule has 31 heavy (non-hydrogen) atoms. The van der Waals surface area contributed by atoms with Gasteiger partial charge in [0.1, 0.15) is 0 Å². The quantitative estimate of drug-likeness (QED) is 0.664. The molecule has 8 nitrogen and oxygen atoms in total. The second kappa shape index (κ2) is 9.23. The number of amidine groups is 1. The summed E-state index contributed by atoms with van der Waals surface area (Å²) in [6.07, 6.45) is 5.96. The van der Waals surface area contributed by atoms with Gasteiger partial charge in [-0.05, 0) is 49.7 Å². The zero-order chi connectivity index (χ0) is 21.8. The Kier molecular flexibility index (Phi) is 6.43. The molecule has 1 aromatic rings. The number of sulfonamides is 1. The Labute approximate surface area is 184 Å². The van der Waals surface area contributed by atoms with Gasteiger partial charge in [0.05, 0.1) is 11.3 Å². The number of amides is 1. The van der Waals surface area contributed by atoms with Crippen molar-refractivity contribution < 1.29 is 13.2 Å². The van der Waals surface area contributed by atoms with E-state index in [1.165, 1.54) is 11.3 Å². The van der Waals surface area contributed by atoms with Crippen LogP contribution in [0.3, 0.4) is 0 Å². The van der Waals surface area contributed by atoms with E-state index in [-0.39, 0.29) is 17.5 Å². The minimum Gasteiger partial charge on any atom is -0.369 e. The smallest absolute Gasteiger partial charge is 0.256 e. The molecule has 0 aliphatic carbocycles. The summed E-state index contributed by atoms with van der Waals surface area (Å²) in [5.74, 6) is -0.0969. The van der Waals surface area contributed by atoms with Gasteiger partial charge in [-0.1, -0.05) is 12.1 Å². The van der Waals surface area contributed by atoms with Crippen molar-refractivity contribution in [1.82, 2.24) is 15.1 Å². The number of hydrogen-bond acceptors (Lipinski definition) is 6. The minimum absolute atomic E-state index is 0.0348. The number of hydrogen-bond donors (Lipinski definition) is 1. The molecule has 0 unspecified atom stereocenters. The molecule has 0 saturated carbocycles. The number of rotatable bonds is 6. The summed E-state index contributed by atoms with van der Waals surface area (Å²) in [5, 5.41) is 2.91. The summed E-state index contributed by atoms with van der Waals surface area (Å²) < 4.78 is 27.5. The maximum absolute atomic E-state index is 12.6. The maximum atomic E-state index is 12.6. The lowest BCUT2D eigenvalue weighted by atomic mass is 10.1.